The van der Waals surface area contributed by atoms with E-state index in [1.165, 1.54) is 11.1 Å². The maximum atomic E-state index is 13.6. The Morgan fingerprint density at radius 2 is 1.83 bits per heavy atom. The number of rotatable bonds is 10. The number of benzene rings is 1. The average molecular weight is 584 g/mol. The Kier molecular flexibility index (Phi) is 9.33. The molecule has 9 heteroatoms. The van der Waals surface area contributed by atoms with Crippen molar-refractivity contribution < 1.29 is 28.5 Å². The SMILES string of the molecule is CO[C@@H]1[C@H](OC(=O)N[C@@H](C(=O)N2CCN(Cc3ccccc3)CC2)C(C)C)CC[C@]2(CO2)[C@H]1[C@@]1(C)O[C@@H]1CC=C(C)C. The zero-order valence-corrected chi connectivity index (χ0v) is 26.1. The molecule has 0 unspecified atom stereocenters. The van der Waals surface area contributed by atoms with Gasteiger partial charge in [0.25, 0.3) is 0 Å². The summed E-state index contributed by atoms with van der Waals surface area (Å²) < 4.78 is 24.4. The predicted octanol–water partition coefficient (Wildman–Crippen LogP) is 4.16. The number of allylic oxidation sites excluding steroid dienone is 1. The largest absolute Gasteiger partial charge is 0.443 e. The van der Waals surface area contributed by atoms with Crippen LogP contribution >= 0.6 is 0 Å². The van der Waals surface area contributed by atoms with Crippen LogP contribution in [0.3, 0.4) is 0 Å². The van der Waals surface area contributed by atoms with Gasteiger partial charge in [0.15, 0.2) is 0 Å². The third-order valence-corrected chi connectivity index (χ3v) is 9.63. The van der Waals surface area contributed by atoms with Crippen molar-refractivity contribution in [3.8, 4) is 0 Å². The fraction of sp³-hybridized carbons (Fsp3) is 0.697. The van der Waals surface area contributed by atoms with Crippen LogP contribution in [-0.2, 0) is 30.3 Å². The van der Waals surface area contributed by atoms with Crippen molar-refractivity contribution in [1.82, 2.24) is 15.1 Å². The molecule has 1 spiro atoms. The molecule has 4 aliphatic rings. The fourth-order valence-corrected chi connectivity index (χ4v) is 7.05. The number of hydrogen-bond acceptors (Lipinski definition) is 7. The van der Waals surface area contributed by atoms with Crippen molar-refractivity contribution in [3.05, 3.63) is 47.5 Å². The molecule has 0 bridgehead atoms. The summed E-state index contributed by atoms with van der Waals surface area (Å²) in [7, 11) is 1.67. The smallest absolute Gasteiger partial charge is 0.408 e. The van der Waals surface area contributed by atoms with Gasteiger partial charge in [-0.15, -0.1) is 0 Å². The average Bonchev–Trinajstić information content (AvgIpc) is 3.88. The normalized spacial score (nSPS) is 33.3. The van der Waals surface area contributed by atoms with Gasteiger partial charge in [-0.1, -0.05) is 55.8 Å². The van der Waals surface area contributed by atoms with Crippen molar-refractivity contribution in [3.63, 3.8) is 0 Å². The third-order valence-electron chi connectivity index (χ3n) is 9.63. The summed E-state index contributed by atoms with van der Waals surface area (Å²) in [6.45, 7) is 14.6. The quantitative estimate of drug-likeness (QED) is 0.327. The van der Waals surface area contributed by atoms with Gasteiger partial charge in [-0.2, -0.15) is 0 Å². The van der Waals surface area contributed by atoms with Crippen LogP contribution in [0.1, 0.15) is 59.4 Å². The number of methoxy groups -OCH3 is 1. The second kappa shape index (κ2) is 12.6. The van der Waals surface area contributed by atoms with Crippen molar-refractivity contribution in [1.29, 1.82) is 0 Å². The molecule has 3 saturated heterocycles. The van der Waals surface area contributed by atoms with E-state index in [2.05, 4.69) is 61.3 Å². The van der Waals surface area contributed by atoms with E-state index in [4.69, 9.17) is 18.9 Å². The van der Waals surface area contributed by atoms with Crippen LogP contribution in [0.5, 0.6) is 0 Å². The number of nitrogens with one attached hydrogen (secondary N) is 1. The third kappa shape index (κ3) is 6.69. The Bertz CT molecular complexity index is 1130. The van der Waals surface area contributed by atoms with Gasteiger partial charge < -0.3 is 29.2 Å². The van der Waals surface area contributed by atoms with Gasteiger partial charge in [-0.25, -0.2) is 4.79 Å². The molecule has 5 rings (SSSR count). The summed E-state index contributed by atoms with van der Waals surface area (Å²) in [5.41, 5.74) is 1.84. The van der Waals surface area contributed by atoms with Gasteiger partial charge in [-0.3, -0.25) is 9.69 Å². The zero-order chi connectivity index (χ0) is 30.1. The Labute approximate surface area is 250 Å². The first kappa shape index (κ1) is 31.0. The van der Waals surface area contributed by atoms with Crippen LogP contribution in [0.4, 0.5) is 4.79 Å². The van der Waals surface area contributed by atoms with Crippen LogP contribution < -0.4 is 5.32 Å². The van der Waals surface area contributed by atoms with Gasteiger partial charge in [-0.05, 0) is 51.5 Å². The minimum Gasteiger partial charge on any atom is -0.443 e. The number of carbonyl (C=O) groups excluding carboxylic acids is 2. The molecule has 1 aromatic rings. The topological polar surface area (TPSA) is 96.2 Å². The summed E-state index contributed by atoms with van der Waals surface area (Å²) in [4.78, 5) is 31.1. The summed E-state index contributed by atoms with van der Waals surface area (Å²) in [5, 5.41) is 2.91. The summed E-state index contributed by atoms with van der Waals surface area (Å²) in [5.74, 6) is -0.188. The molecule has 232 valence electrons. The standard InChI is InChI=1S/C33H49N3O6/c1-22(2)12-13-26-32(5,42-26)29-28(39-6)25(14-15-33(29)21-40-33)41-31(38)34-27(23(3)4)30(37)36-18-16-35(17-19-36)20-24-10-8-7-9-11-24/h7-12,23,25-29H,13-21H2,1-6H3,(H,34,38)/t25-,26-,27-,28-,29-,32+,33+/m1/s1. The van der Waals surface area contributed by atoms with E-state index in [1.54, 1.807) is 7.11 Å². The predicted molar refractivity (Wildman–Crippen MR) is 160 cm³/mol. The van der Waals surface area contributed by atoms with E-state index < -0.39 is 23.8 Å². The fourth-order valence-electron chi connectivity index (χ4n) is 7.05. The number of ether oxygens (including phenoxy) is 4. The summed E-state index contributed by atoms with van der Waals surface area (Å²) >= 11 is 0. The molecule has 4 fully saturated rings. The lowest BCUT2D eigenvalue weighted by molar-refractivity contribution is -0.137. The highest BCUT2D eigenvalue weighted by atomic mass is 16.6. The molecule has 9 nitrogen and oxygen atoms in total. The Hall–Kier alpha value is -2.46. The highest BCUT2D eigenvalue weighted by Crippen LogP contribution is 2.59. The number of amides is 2. The Balaban J connectivity index is 1.18. The Morgan fingerprint density at radius 3 is 2.43 bits per heavy atom. The van der Waals surface area contributed by atoms with E-state index >= 15 is 0 Å². The van der Waals surface area contributed by atoms with Gasteiger partial charge >= 0.3 is 6.09 Å². The lowest BCUT2D eigenvalue weighted by Crippen LogP contribution is -2.58. The zero-order valence-electron chi connectivity index (χ0n) is 26.1. The van der Waals surface area contributed by atoms with Crippen molar-refractivity contribution in [2.24, 2.45) is 11.8 Å². The van der Waals surface area contributed by atoms with Crippen LogP contribution in [-0.4, -0.2) is 97.3 Å². The molecule has 3 heterocycles. The highest BCUT2D eigenvalue weighted by molar-refractivity contribution is 5.86. The van der Waals surface area contributed by atoms with E-state index in [-0.39, 0.29) is 35.6 Å². The van der Waals surface area contributed by atoms with Crippen LogP contribution in [0.25, 0.3) is 0 Å². The minimum absolute atomic E-state index is 0.0492. The maximum absolute atomic E-state index is 13.6. The monoisotopic (exact) mass is 583 g/mol. The lowest BCUT2D eigenvalue weighted by atomic mass is 9.68. The van der Waals surface area contributed by atoms with E-state index in [9.17, 15) is 9.59 Å². The van der Waals surface area contributed by atoms with Gasteiger partial charge in [0.05, 0.1) is 18.6 Å². The number of alkyl carbamates (subject to hydrolysis) is 1. The second-order valence-electron chi connectivity index (χ2n) is 13.3. The molecule has 1 N–H and O–H groups in total. The van der Waals surface area contributed by atoms with E-state index in [0.29, 0.717) is 26.1 Å². The first-order valence-electron chi connectivity index (χ1n) is 15.6. The highest BCUT2D eigenvalue weighted by Gasteiger charge is 2.72. The molecule has 3 aliphatic heterocycles. The molecule has 1 saturated carbocycles. The molecule has 1 aromatic carbocycles. The first-order valence-corrected chi connectivity index (χ1v) is 15.6. The number of hydrogen-bond donors (Lipinski definition) is 1. The molecular formula is C33H49N3O6. The van der Waals surface area contributed by atoms with Crippen molar-refractivity contribution in [2.45, 2.75) is 96.0 Å². The minimum atomic E-state index is -0.658. The maximum Gasteiger partial charge on any atom is 0.408 e. The molecule has 1 aliphatic carbocycles. The lowest BCUT2D eigenvalue weighted by Gasteiger charge is -2.42. The van der Waals surface area contributed by atoms with Gasteiger partial charge in [0.2, 0.25) is 5.91 Å². The molecule has 2 amide bonds. The molecular weight excluding hydrogens is 534 g/mol. The van der Waals surface area contributed by atoms with Crippen molar-refractivity contribution in [2.75, 3.05) is 39.9 Å². The second-order valence-corrected chi connectivity index (χ2v) is 13.3. The molecule has 0 aromatic heterocycles. The van der Waals surface area contributed by atoms with Gasteiger partial charge in [0.1, 0.15) is 29.5 Å². The molecule has 0 radical (unpaired) electrons. The number of epoxide rings is 2. The number of piperazine rings is 1. The number of carbonyl (C=O) groups is 2. The summed E-state index contributed by atoms with van der Waals surface area (Å²) in [6.07, 6.45) is 3.15. The Morgan fingerprint density at radius 1 is 1.14 bits per heavy atom. The van der Waals surface area contributed by atoms with E-state index in [0.717, 1.165) is 32.5 Å². The summed E-state index contributed by atoms with van der Waals surface area (Å²) in [6, 6.07) is 9.72. The van der Waals surface area contributed by atoms with Crippen LogP contribution in [0.2, 0.25) is 0 Å². The number of nitrogens with zero attached hydrogens (tertiary/aromatic N) is 2. The molecule has 7 atom stereocenters. The van der Waals surface area contributed by atoms with Gasteiger partial charge in [0, 0.05) is 39.8 Å². The van der Waals surface area contributed by atoms with Crippen molar-refractivity contribution >= 4 is 12.0 Å². The van der Waals surface area contributed by atoms with Crippen LogP contribution in [0, 0.1) is 11.8 Å². The first-order chi connectivity index (χ1) is 20.1. The van der Waals surface area contributed by atoms with E-state index in [1.807, 2.05) is 24.8 Å². The van der Waals surface area contributed by atoms with Crippen LogP contribution in [0.15, 0.2) is 42.0 Å². The molecule has 42 heavy (non-hydrogen) atoms.